The van der Waals surface area contributed by atoms with Crippen molar-refractivity contribution in [1.82, 2.24) is 10.2 Å². The Labute approximate surface area is 233 Å². The molecule has 1 unspecified atom stereocenters. The number of sulfonamides is 1. The number of anilines is 1. The van der Waals surface area contributed by atoms with Crippen molar-refractivity contribution in [2.75, 3.05) is 25.0 Å². The van der Waals surface area contributed by atoms with E-state index in [9.17, 15) is 18.0 Å². The molecular formula is C27H29Cl2N3O5S. The van der Waals surface area contributed by atoms with E-state index in [1.807, 2.05) is 0 Å². The van der Waals surface area contributed by atoms with E-state index in [1.165, 1.54) is 42.3 Å². The summed E-state index contributed by atoms with van der Waals surface area (Å²) < 4.78 is 33.7. The van der Waals surface area contributed by atoms with E-state index in [1.54, 1.807) is 56.5 Å². The standard InChI is InChI=1S/C27H29Cl2N3O5S/c1-4-25(27(34)30-2)31(17-19-10-12-23(37-3)13-11-19)26(33)18-32(22-15-20(28)14-21(29)16-22)38(35,36)24-8-6-5-7-9-24/h5-16,25H,4,17-18H2,1-3H3,(H,30,34). The number of hydrogen-bond donors (Lipinski definition) is 1. The topological polar surface area (TPSA) is 96.0 Å². The van der Waals surface area contributed by atoms with Crippen LogP contribution in [0.15, 0.2) is 77.7 Å². The summed E-state index contributed by atoms with van der Waals surface area (Å²) in [6.07, 6.45) is 0.315. The second kappa shape index (κ2) is 13.0. The molecule has 1 atom stereocenters. The van der Waals surface area contributed by atoms with Crippen LogP contribution >= 0.6 is 23.2 Å². The number of methoxy groups -OCH3 is 1. The Morgan fingerprint density at radius 3 is 2.11 bits per heavy atom. The van der Waals surface area contributed by atoms with Gasteiger partial charge in [0, 0.05) is 23.6 Å². The van der Waals surface area contributed by atoms with E-state index in [4.69, 9.17) is 27.9 Å². The van der Waals surface area contributed by atoms with E-state index in [-0.39, 0.29) is 33.1 Å². The average Bonchev–Trinajstić information content (AvgIpc) is 2.91. The van der Waals surface area contributed by atoms with Gasteiger partial charge in [0.05, 0.1) is 17.7 Å². The summed E-state index contributed by atoms with van der Waals surface area (Å²) in [5.41, 5.74) is 0.863. The predicted octanol–water partition coefficient (Wildman–Crippen LogP) is 4.75. The molecule has 0 aromatic heterocycles. The van der Waals surface area contributed by atoms with Crippen LogP contribution in [0, 0.1) is 0 Å². The van der Waals surface area contributed by atoms with Crippen molar-refractivity contribution in [3.8, 4) is 5.75 Å². The second-order valence-electron chi connectivity index (χ2n) is 8.36. The fourth-order valence-electron chi connectivity index (χ4n) is 3.95. The number of carbonyl (C=O) groups excluding carboxylic acids is 2. The molecule has 202 valence electrons. The minimum absolute atomic E-state index is 0.0102. The number of nitrogens with one attached hydrogen (secondary N) is 1. The first-order valence-corrected chi connectivity index (χ1v) is 14.0. The summed E-state index contributed by atoms with van der Waals surface area (Å²) in [6.45, 7) is 1.27. The molecule has 2 amide bonds. The van der Waals surface area contributed by atoms with Gasteiger partial charge >= 0.3 is 0 Å². The van der Waals surface area contributed by atoms with E-state index >= 15 is 0 Å². The molecule has 0 radical (unpaired) electrons. The molecule has 3 aromatic carbocycles. The number of amides is 2. The normalized spacial score (nSPS) is 11.9. The minimum atomic E-state index is -4.20. The van der Waals surface area contributed by atoms with Gasteiger partial charge < -0.3 is 15.0 Å². The van der Waals surface area contributed by atoms with Gasteiger partial charge in [-0.05, 0) is 54.4 Å². The number of hydrogen-bond acceptors (Lipinski definition) is 5. The van der Waals surface area contributed by atoms with Crippen molar-refractivity contribution < 1.29 is 22.7 Å². The second-order valence-corrected chi connectivity index (χ2v) is 11.1. The van der Waals surface area contributed by atoms with Crippen LogP contribution in [0.3, 0.4) is 0 Å². The number of benzene rings is 3. The minimum Gasteiger partial charge on any atom is -0.497 e. The Kier molecular flexibility index (Phi) is 10.0. The van der Waals surface area contributed by atoms with Crippen LogP contribution in [0.1, 0.15) is 18.9 Å². The van der Waals surface area contributed by atoms with E-state index < -0.39 is 28.5 Å². The Morgan fingerprint density at radius 1 is 0.974 bits per heavy atom. The Bertz CT molecular complexity index is 1350. The molecule has 0 spiro atoms. The van der Waals surface area contributed by atoms with Crippen LogP contribution < -0.4 is 14.4 Å². The van der Waals surface area contributed by atoms with Crippen LogP contribution in [0.4, 0.5) is 5.69 Å². The lowest BCUT2D eigenvalue weighted by Crippen LogP contribution is -2.51. The number of nitrogens with zero attached hydrogens (tertiary/aromatic N) is 2. The fraction of sp³-hybridized carbons (Fsp3) is 0.259. The highest BCUT2D eigenvalue weighted by atomic mass is 35.5. The van der Waals surface area contributed by atoms with Gasteiger partial charge in [-0.15, -0.1) is 0 Å². The van der Waals surface area contributed by atoms with E-state index in [0.29, 0.717) is 12.2 Å². The Balaban J connectivity index is 2.07. The highest BCUT2D eigenvalue weighted by Crippen LogP contribution is 2.30. The van der Waals surface area contributed by atoms with E-state index in [0.717, 1.165) is 9.87 Å². The zero-order chi connectivity index (χ0) is 27.9. The number of rotatable bonds is 11. The third-order valence-corrected chi connectivity index (χ3v) is 8.11. The largest absolute Gasteiger partial charge is 0.497 e. The number of halogens is 2. The zero-order valence-electron chi connectivity index (χ0n) is 21.2. The third-order valence-electron chi connectivity index (χ3n) is 5.89. The van der Waals surface area contributed by atoms with Crippen molar-refractivity contribution >= 4 is 50.7 Å². The van der Waals surface area contributed by atoms with Crippen LogP contribution in [0.2, 0.25) is 10.0 Å². The maximum Gasteiger partial charge on any atom is 0.264 e. The SMILES string of the molecule is CCC(C(=O)NC)N(Cc1ccc(OC)cc1)C(=O)CN(c1cc(Cl)cc(Cl)c1)S(=O)(=O)c1ccccc1. The maximum absolute atomic E-state index is 13.9. The van der Waals surface area contributed by atoms with E-state index in [2.05, 4.69) is 5.32 Å². The van der Waals surface area contributed by atoms with Gasteiger partial charge in [-0.2, -0.15) is 0 Å². The van der Waals surface area contributed by atoms with Crippen molar-refractivity contribution in [2.45, 2.75) is 30.8 Å². The summed E-state index contributed by atoms with van der Waals surface area (Å²) in [6, 6.07) is 18.3. The first kappa shape index (κ1) is 29.3. The molecule has 8 nitrogen and oxygen atoms in total. The van der Waals surface area contributed by atoms with Gasteiger partial charge in [-0.1, -0.05) is 60.5 Å². The third kappa shape index (κ3) is 6.98. The average molecular weight is 579 g/mol. The number of likely N-dealkylation sites (N-methyl/N-ethyl adjacent to an activating group) is 1. The lowest BCUT2D eigenvalue weighted by molar-refractivity contribution is -0.140. The van der Waals surface area contributed by atoms with Gasteiger partial charge in [0.1, 0.15) is 18.3 Å². The van der Waals surface area contributed by atoms with Gasteiger partial charge in [-0.25, -0.2) is 8.42 Å². The van der Waals surface area contributed by atoms with Crippen LogP contribution in [0.5, 0.6) is 5.75 Å². The summed E-state index contributed by atoms with van der Waals surface area (Å²) in [4.78, 5) is 28.0. The zero-order valence-corrected chi connectivity index (χ0v) is 23.6. The molecule has 3 rings (SSSR count). The van der Waals surface area contributed by atoms with Crippen molar-refractivity contribution in [2.24, 2.45) is 0 Å². The highest BCUT2D eigenvalue weighted by molar-refractivity contribution is 7.92. The fourth-order valence-corrected chi connectivity index (χ4v) is 5.88. The molecule has 0 saturated carbocycles. The molecule has 3 aromatic rings. The molecule has 0 saturated heterocycles. The Hall–Kier alpha value is -3.27. The first-order valence-electron chi connectivity index (χ1n) is 11.8. The lowest BCUT2D eigenvalue weighted by atomic mass is 10.1. The monoisotopic (exact) mass is 577 g/mol. The maximum atomic E-state index is 13.9. The van der Waals surface area contributed by atoms with Crippen LogP contribution in [-0.2, 0) is 26.2 Å². The Morgan fingerprint density at radius 2 is 1.58 bits per heavy atom. The smallest absolute Gasteiger partial charge is 0.264 e. The molecule has 11 heteroatoms. The molecular weight excluding hydrogens is 549 g/mol. The molecule has 0 aliphatic carbocycles. The summed E-state index contributed by atoms with van der Waals surface area (Å²) >= 11 is 12.4. The number of carbonyl (C=O) groups is 2. The highest BCUT2D eigenvalue weighted by Gasteiger charge is 2.33. The summed E-state index contributed by atoms with van der Waals surface area (Å²) in [5, 5.41) is 3.01. The summed E-state index contributed by atoms with van der Waals surface area (Å²) in [7, 11) is -1.17. The molecule has 1 N–H and O–H groups in total. The molecule has 38 heavy (non-hydrogen) atoms. The number of ether oxygens (including phenoxy) is 1. The van der Waals surface area contributed by atoms with Gasteiger partial charge in [0.15, 0.2) is 0 Å². The molecule has 0 aliphatic heterocycles. The molecule has 0 heterocycles. The molecule has 0 fully saturated rings. The first-order chi connectivity index (χ1) is 18.1. The van der Waals surface area contributed by atoms with Crippen molar-refractivity contribution in [3.63, 3.8) is 0 Å². The van der Waals surface area contributed by atoms with Gasteiger partial charge in [0.25, 0.3) is 10.0 Å². The van der Waals surface area contributed by atoms with Crippen molar-refractivity contribution in [1.29, 1.82) is 0 Å². The molecule has 0 bridgehead atoms. The van der Waals surface area contributed by atoms with Crippen molar-refractivity contribution in [3.05, 3.63) is 88.4 Å². The van der Waals surface area contributed by atoms with Crippen LogP contribution in [0.25, 0.3) is 0 Å². The van der Waals surface area contributed by atoms with Gasteiger partial charge in [0.2, 0.25) is 11.8 Å². The summed E-state index contributed by atoms with van der Waals surface area (Å²) in [5.74, 6) is -0.299. The van der Waals surface area contributed by atoms with Gasteiger partial charge in [-0.3, -0.25) is 13.9 Å². The predicted molar refractivity (Wildman–Crippen MR) is 149 cm³/mol. The van der Waals surface area contributed by atoms with Crippen LogP contribution in [-0.4, -0.2) is 51.9 Å². The quantitative estimate of drug-likeness (QED) is 0.354. The lowest BCUT2D eigenvalue weighted by Gasteiger charge is -2.33. The molecule has 0 aliphatic rings.